The molecule has 2 heterocycles. The van der Waals surface area contributed by atoms with Crippen molar-refractivity contribution in [3.63, 3.8) is 0 Å². The average molecular weight is 652 g/mol. The van der Waals surface area contributed by atoms with Crippen LogP contribution in [-0.4, -0.2) is 33.3 Å². The van der Waals surface area contributed by atoms with Crippen LogP contribution in [0.5, 0.6) is 0 Å². The van der Waals surface area contributed by atoms with Crippen LogP contribution >= 0.6 is 23.5 Å². The molecule has 6 saturated carbocycles. The molecule has 1 nitrogen and oxygen atoms in total. The van der Waals surface area contributed by atoms with Crippen molar-refractivity contribution >= 4 is 29.7 Å². The molecule has 254 valence electrons. The summed E-state index contributed by atoms with van der Waals surface area (Å²) in [5.74, 6) is 10.2. The number of aliphatic imine (C=N–C) groups is 1. The standard InChI is InChI=1S/C42H69NS2/c1-2-37(36-25-24-35-33-19-7-9-23-39(33)45-42(35)40(36)29-15-4-3-5-16-29)43-26-12-14-28-13-10-17-30(27-28)31-20-11-21-34-32-18-6-8-22-38(32)44-41(31)34/h26,28-42H,2-25,27H2,1H3/b43-26-. The van der Waals surface area contributed by atoms with E-state index < -0.39 is 0 Å². The fourth-order valence-corrected chi connectivity index (χ4v) is 18.6. The molecule has 6 aliphatic carbocycles. The lowest BCUT2D eigenvalue weighted by atomic mass is 9.60. The highest BCUT2D eigenvalue weighted by molar-refractivity contribution is 8.01. The Balaban J connectivity index is 0.882. The predicted molar refractivity (Wildman–Crippen MR) is 199 cm³/mol. The zero-order chi connectivity index (χ0) is 30.2. The molecule has 8 fully saturated rings. The molecule has 2 saturated heterocycles. The van der Waals surface area contributed by atoms with Gasteiger partial charge in [0.2, 0.25) is 0 Å². The van der Waals surface area contributed by atoms with Gasteiger partial charge in [0, 0.05) is 21.0 Å². The van der Waals surface area contributed by atoms with Gasteiger partial charge < -0.3 is 0 Å². The Morgan fingerprint density at radius 3 is 1.98 bits per heavy atom. The molecule has 8 aliphatic rings. The third-order valence-electron chi connectivity index (χ3n) is 15.9. The number of nitrogens with zero attached hydrogens (tertiary/aromatic N) is 1. The summed E-state index contributed by atoms with van der Waals surface area (Å²) in [4.78, 5) is 5.56. The Morgan fingerprint density at radius 2 is 1.20 bits per heavy atom. The van der Waals surface area contributed by atoms with Gasteiger partial charge in [-0.15, -0.1) is 0 Å². The number of rotatable bonds is 8. The van der Waals surface area contributed by atoms with E-state index in [2.05, 4.69) is 36.7 Å². The van der Waals surface area contributed by atoms with E-state index in [1.54, 1.807) is 51.4 Å². The third kappa shape index (κ3) is 6.78. The molecule has 14 atom stereocenters. The van der Waals surface area contributed by atoms with Gasteiger partial charge in [0.05, 0.1) is 6.04 Å². The summed E-state index contributed by atoms with van der Waals surface area (Å²) in [6.07, 6.45) is 40.2. The lowest BCUT2D eigenvalue weighted by Gasteiger charge is -2.47. The van der Waals surface area contributed by atoms with Crippen molar-refractivity contribution in [2.45, 2.75) is 194 Å². The smallest absolute Gasteiger partial charge is 0.0524 e. The molecule has 0 aromatic rings. The van der Waals surface area contributed by atoms with Gasteiger partial charge in [-0.25, -0.2) is 0 Å². The third-order valence-corrected chi connectivity index (χ3v) is 19.7. The van der Waals surface area contributed by atoms with Crippen LogP contribution in [0.4, 0.5) is 0 Å². The van der Waals surface area contributed by atoms with Crippen LogP contribution in [0.1, 0.15) is 167 Å². The van der Waals surface area contributed by atoms with Crippen LogP contribution in [0.3, 0.4) is 0 Å². The highest BCUT2D eigenvalue weighted by Gasteiger charge is 2.54. The summed E-state index contributed by atoms with van der Waals surface area (Å²) in [5, 5.41) is 4.07. The summed E-state index contributed by atoms with van der Waals surface area (Å²) in [6, 6.07) is 0.599. The first kappa shape index (κ1) is 32.6. The second-order valence-electron chi connectivity index (χ2n) is 18.0. The van der Waals surface area contributed by atoms with E-state index >= 15 is 0 Å². The van der Waals surface area contributed by atoms with Crippen LogP contribution in [0, 0.1) is 59.2 Å². The largest absolute Gasteiger partial charge is 0.294 e. The lowest BCUT2D eigenvalue weighted by Crippen LogP contribution is -2.45. The van der Waals surface area contributed by atoms with Gasteiger partial charge in [-0.2, -0.15) is 23.5 Å². The van der Waals surface area contributed by atoms with E-state index in [9.17, 15) is 0 Å². The monoisotopic (exact) mass is 651 g/mol. The summed E-state index contributed by atoms with van der Waals surface area (Å²) in [7, 11) is 0. The van der Waals surface area contributed by atoms with Crippen molar-refractivity contribution < 1.29 is 0 Å². The van der Waals surface area contributed by atoms with Crippen LogP contribution in [-0.2, 0) is 0 Å². The van der Waals surface area contributed by atoms with Gasteiger partial charge in [0.1, 0.15) is 0 Å². The first-order chi connectivity index (χ1) is 22.3. The molecule has 0 amide bonds. The summed E-state index contributed by atoms with van der Waals surface area (Å²) in [6.45, 7) is 2.48. The average Bonchev–Trinajstić information content (AvgIpc) is 3.67. The zero-order valence-electron chi connectivity index (χ0n) is 29.2. The number of fused-ring (bicyclic) bond motifs is 6. The molecule has 0 aromatic carbocycles. The first-order valence-electron chi connectivity index (χ1n) is 21.1. The Bertz CT molecular complexity index is 974. The van der Waals surface area contributed by atoms with E-state index in [-0.39, 0.29) is 0 Å². The topological polar surface area (TPSA) is 12.4 Å². The summed E-state index contributed by atoms with van der Waals surface area (Å²) < 4.78 is 0. The normalized spacial score (nSPS) is 48.0. The molecule has 14 unspecified atom stereocenters. The fraction of sp³-hybridized carbons (Fsp3) is 0.976. The predicted octanol–water partition coefficient (Wildman–Crippen LogP) is 12.4. The molecule has 0 radical (unpaired) electrons. The second-order valence-corrected chi connectivity index (χ2v) is 20.8. The molecule has 45 heavy (non-hydrogen) atoms. The number of hydrogen-bond acceptors (Lipinski definition) is 3. The minimum Gasteiger partial charge on any atom is -0.294 e. The SMILES string of the molecule is CCC(/N=C\CCC1CCCC(C2CCCC3C4CCCCC4SC23)C1)C1CCC2C3CCCCC3SC2C1C1CCCCC1. The molecule has 0 spiro atoms. The van der Waals surface area contributed by atoms with Gasteiger partial charge in [0.15, 0.2) is 0 Å². The molecule has 0 aromatic heterocycles. The minimum atomic E-state index is 0.599. The van der Waals surface area contributed by atoms with Gasteiger partial charge in [-0.05, 0) is 142 Å². The zero-order valence-corrected chi connectivity index (χ0v) is 30.8. The van der Waals surface area contributed by atoms with Gasteiger partial charge >= 0.3 is 0 Å². The lowest BCUT2D eigenvalue weighted by molar-refractivity contribution is 0.0696. The van der Waals surface area contributed by atoms with Crippen LogP contribution < -0.4 is 0 Å². The van der Waals surface area contributed by atoms with E-state index in [0.717, 1.165) is 80.2 Å². The van der Waals surface area contributed by atoms with E-state index in [0.29, 0.717) is 6.04 Å². The Kier molecular flexibility index (Phi) is 10.9. The first-order valence-corrected chi connectivity index (χ1v) is 23.0. The second kappa shape index (κ2) is 15.1. The number of hydrogen-bond donors (Lipinski definition) is 0. The molecule has 3 heteroatoms. The molecule has 2 aliphatic heterocycles. The van der Waals surface area contributed by atoms with E-state index in [1.807, 2.05) is 0 Å². The van der Waals surface area contributed by atoms with Crippen LogP contribution in [0.15, 0.2) is 4.99 Å². The maximum Gasteiger partial charge on any atom is 0.0524 e. The number of thioether (sulfide) groups is 2. The van der Waals surface area contributed by atoms with Crippen molar-refractivity contribution in [3.8, 4) is 0 Å². The quantitative estimate of drug-likeness (QED) is 0.242. The molecule has 0 bridgehead atoms. The van der Waals surface area contributed by atoms with Crippen molar-refractivity contribution in [1.82, 2.24) is 0 Å². The van der Waals surface area contributed by atoms with E-state index in [1.165, 1.54) is 109 Å². The van der Waals surface area contributed by atoms with Crippen molar-refractivity contribution in [3.05, 3.63) is 0 Å². The Labute approximate surface area is 287 Å². The minimum absolute atomic E-state index is 0.599. The van der Waals surface area contributed by atoms with Crippen molar-refractivity contribution in [1.29, 1.82) is 0 Å². The van der Waals surface area contributed by atoms with Crippen molar-refractivity contribution in [2.75, 3.05) is 0 Å². The fourth-order valence-electron chi connectivity index (χ4n) is 13.9. The highest BCUT2D eigenvalue weighted by atomic mass is 32.2. The van der Waals surface area contributed by atoms with Crippen LogP contribution in [0.25, 0.3) is 0 Å². The molecule has 0 N–H and O–H groups in total. The van der Waals surface area contributed by atoms with E-state index in [4.69, 9.17) is 4.99 Å². The molecular formula is C42H69NS2. The maximum absolute atomic E-state index is 5.56. The Hall–Kier alpha value is 0.370. The Morgan fingerprint density at radius 1 is 0.578 bits per heavy atom. The van der Waals surface area contributed by atoms with Gasteiger partial charge in [-0.1, -0.05) is 90.4 Å². The summed E-state index contributed by atoms with van der Waals surface area (Å²) in [5.41, 5.74) is 0. The van der Waals surface area contributed by atoms with Gasteiger partial charge in [0.25, 0.3) is 0 Å². The van der Waals surface area contributed by atoms with Crippen molar-refractivity contribution in [2.24, 2.45) is 64.2 Å². The maximum atomic E-state index is 5.56. The van der Waals surface area contributed by atoms with Crippen LogP contribution in [0.2, 0.25) is 0 Å². The molecular weight excluding hydrogens is 583 g/mol. The van der Waals surface area contributed by atoms with Gasteiger partial charge in [-0.3, -0.25) is 4.99 Å². The summed E-state index contributed by atoms with van der Waals surface area (Å²) >= 11 is 5.05. The highest BCUT2D eigenvalue weighted by Crippen LogP contribution is 2.61. The molecule has 8 rings (SSSR count).